The average Bonchev–Trinajstić information content (AvgIpc) is 2.58. The molecule has 0 heterocycles. The quantitative estimate of drug-likeness (QED) is 0.807. The van der Waals surface area contributed by atoms with Gasteiger partial charge in [0.1, 0.15) is 5.75 Å². The van der Waals surface area contributed by atoms with Gasteiger partial charge >= 0.3 is 0 Å². The van der Waals surface area contributed by atoms with Gasteiger partial charge in [0.15, 0.2) is 0 Å². The van der Waals surface area contributed by atoms with Gasteiger partial charge in [0.05, 0.1) is 13.2 Å². The Morgan fingerprint density at radius 2 is 1.96 bits per heavy atom. The minimum absolute atomic E-state index is 0.0236. The maximum absolute atomic E-state index is 12.3. The van der Waals surface area contributed by atoms with E-state index in [-0.39, 0.29) is 11.9 Å². The molecule has 0 saturated carbocycles. The fourth-order valence-corrected chi connectivity index (χ4v) is 2.85. The van der Waals surface area contributed by atoms with Crippen molar-refractivity contribution >= 4 is 17.5 Å². The van der Waals surface area contributed by atoms with Crippen LogP contribution in [0.3, 0.4) is 0 Å². The van der Waals surface area contributed by atoms with Gasteiger partial charge in [-0.3, -0.25) is 4.79 Å². The van der Waals surface area contributed by atoms with Crippen LogP contribution >= 0.6 is 11.6 Å². The van der Waals surface area contributed by atoms with E-state index in [0.717, 1.165) is 22.4 Å². The summed E-state index contributed by atoms with van der Waals surface area (Å²) in [6.45, 7) is 2.63. The number of aryl methyl sites for hydroxylation is 1. The van der Waals surface area contributed by atoms with Crippen molar-refractivity contribution in [2.24, 2.45) is 0 Å². The number of hydrogen-bond acceptors (Lipinski definition) is 3. The van der Waals surface area contributed by atoms with Crippen LogP contribution in [0.25, 0.3) is 0 Å². The van der Waals surface area contributed by atoms with E-state index in [2.05, 4.69) is 10.6 Å². The summed E-state index contributed by atoms with van der Waals surface area (Å²) in [4.78, 5) is 12.3. The lowest BCUT2D eigenvalue weighted by Gasteiger charge is -2.23. The Hall–Kier alpha value is -2.04. The van der Waals surface area contributed by atoms with Crippen molar-refractivity contribution in [2.75, 3.05) is 20.7 Å². The lowest BCUT2D eigenvalue weighted by Crippen LogP contribution is -2.31. The monoisotopic (exact) mass is 346 g/mol. The second-order valence-electron chi connectivity index (χ2n) is 5.60. The summed E-state index contributed by atoms with van der Waals surface area (Å²) in [5.74, 6) is 0.764. The highest BCUT2D eigenvalue weighted by Gasteiger charge is 2.21. The molecule has 0 bridgehead atoms. The summed E-state index contributed by atoms with van der Waals surface area (Å²) in [6.07, 6.45) is 0.409. The number of ether oxygens (including phenoxy) is 1. The zero-order valence-corrected chi connectivity index (χ0v) is 15.0. The number of hydrogen-bond donors (Lipinski definition) is 2. The summed E-state index contributed by atoms with van der Waals surface area (Å²) >= 11 is 6.38. The van der Waals surface area contributed by atoms with Gasteiger partial charge in [0.2, 0.25) is 5.91 Å². The highest BCUT2D eigenvalue weighted by molar-refractivity contribution is 6.31. The van der Waals surface area contributed by atoms with E-state index in [1.54, 1.807) is 7.11 Å². The van der Waals surface area contributed by atoms with Gasteiger partial charge in [0, 0.05) is 18.0 Å². The molecule has 0 fully saturated rings. The number of rotatable bonds is 7. The standard InChI is InChI=1S/C19H23ClN2O2/c1-13-12-14(24-3)8-9-15(13)19(22-18(23)10-11-21-2)16-6-4-5-7-17(16)20/h4-9,12,19,21H,10-11H2,1-3H3,(H,22,23). The van der Waals surface area contributed by atoms with E-state index in [0.29, 0.717) is 18.0 Å². The number of halogens is 1. The van der Waals surface area contributed by atoms with Gasteiger partial charge in [-0.25, -0.2) is 0 Å². The lowest BCUT2D eigenvalue weighted by molar-refractivity contribution is -0.121. The van der Waals surface area contributed by atoms with Crippen LogP contribution in [0.1, 0.15) is 29.2 Å². The molecule has 0 radical (unpaired) electrons. The predicted molar refractivity (Wildman–Crippen MR) is 97.7 cm³/mol. The van der Waals surface area contributed by atoms with Crippen molar-refractivity contribution in [1.82, 2.24) is 10.6 Å². The number of carbonyl (C=O) groups excluding carboxylic acids is 1. The van der Waals surface area contributed by atoms with Crippen LogP contribution in [0.5, 0.6) is 5.75 Å². The Morgan fingerprint density at radius 3 is 2.58 bits per heavy atom. The predicted octanol–water partition coefficient (Wildman–Crippen LogP) is 3.47. The summed E-state index contributed by atoms with van der Waals surface area (Å²) in [6, 6.07) is 13.1. The second-order valence-corrected chi connectivity index (χ2v) is 6.01. The molecule has 0 saturated heterocycles. The molecule has 1 atom stereocenters. The molecular formula is C19H23ClN2O2. The van der Waals surface area contributed by atoms with Gasteiger partial charge in [-0.2, -0.15) is 0 Å². The zero-order valence-electron chi connectivity index (χ0n) is 14.2. The van der Waals surface area contributed by atoms with Crippen molar-refractivity contribution in [3.8, 4) is 5.75 Å². The topological polar surface area (TPSA) is 50.4 Å². The van der Waals surface area contributed by atoms with E-state index in [4.69, 9.17) is 16.3 Å². The van der Waals surface area contributed by atoms with Crippen LogP contribution in [0.15, 0.2) is 42.5 Å². The first kappa shape index (κ1) is 18.3. The Labute approximate surface area is 148 Å². The van der Waals surface area contributed by atoms with Gasteiger partial charge in [-0.05, 0) is 48.9 Å². The van der Waals surface area contributed by atoms with Crippen molar-refractivity contribution in [1.29, 1.82) is 0 Å². The highest BCUT2D eigenvalue weighted by atomic mass is 35.5. The zero-order chi connectivity index (χ0) is 17.5. The lowest BCUT2D eigenvalue weighted by atomic mass is 9.94. The molecule has 2 N–H and O–H groups in total. The minimum atomic E-state index is -0.297. The molecular weight excluding hydrogens is 324 g/mol. The van der Waals surface area contributed by atoms with E-state index in [1.165, 1.54) is 0 Å². The smallest absolute Gasteiger partial charge is 0.222 e. The van der Waals surface area contributed by atoms with E-state index in [9.17, 15) is 4.79 Å². The first-order chi connectivity index (χ1) is 11.6. The SMILES string of the molecule is CNCCC(=O)NC(c1ccc(OC)cc1C)c1ccccc1Cl. The molecule has 0 aromatic heterocycles. The van der Waals surface area contributed by atoms with Crippen LogP contribution in [-0.4, -0.2) is 26.6 Å². The summed E-state index contributed by atoms with van der Waals surface area (Å²) in [5, 5.41) is 6.72. The van der Waals surface area contributed by atoms with Crippen LogP contribution < -0.4 is 15.4 Å². The van der Waals surface area contributed by atoms with Gasteiger partial charge < -0.3 is 15.4 Å². The normalized spacial score (nSPS) is 11.8. The Kier molecular flexibility index (Phi) is 6.64. The second kappa shape index (κ2) is 8.71. The number of benzene rings is 2. The largest absolute Gasteiger partial charge is 0.497 e. The first-order valence-electron chi connectivity index (χ1n) is 7.89. The summed E-state index contributed by atoms with van der Waals surface area (Å²) in [5.41, 5.74) is 2.92. The van der Waals surface area contributed by atoms with Crippen LogP contribution in [0.4, 0.5) is 0 Å². The fraction of sp³-hybridized carbons (Fsp3) is 0.316. The number of carbonyl (C=O) groups is 1. The molecule has 1 amide bonds. The maximum atomic E-state index is 12.3. The molecule has 0 aliphatic rings. The van der Waals surface area contributed by atoms with Crippen molar-refractivity contribution in [2.45, 2.75) is 19.4 Å². The van der Waals surface area contributed by atoms with Crippen LogP contribution in [-0.2, 0) is 4.79 Å². The van der Waals surface area contributed by atoms with Crippen LogP contribution in [0.2, 0.25) is 5.02 Å². The number of amides is 1. The molecule has 128 valence electrons. The third kappa shape index (κ3) is 4.49. The first-order valence-corrected chi connectivity index (χ1v) is 8.27. The van der Waals surface area contributed by atoms with E-state index < -0.39 is 0 Å². The molecule has 0 spiro atoms. The van der Waals surface area contributed by atoms with Gasteiger partial charge in [-0.1, -0.05) is 35.9 Å². The molecule has 4 nitrogen and oxygen atoms in total. The summed E-state index contributed by atoms with van der Waals surface area (Å²) < 4.78 is 5.27. The fourth-order valence-electron chi connectivity index (χ4n) is 2.60. The number of methoxy groups -OCH3 is 1. The molecule has 0 aliphatic carbocycles. The molecule has 0 aliphatic heterocycles. The Morgan fingerprint density at radius 1 is 1.21 bits per heavy atom. The van der Waals surface area contributed by atoms with E-state index >= 15 is 0 Å². The third-order valence-corrected chi connectivity index (χ3v) is 4.26. The molecule has 5 heteroatoms. The van der Waals surface area contributed by atoms with Gasteiger partial charge in [-0.15, -0.1) is 0 Å². The highest BCUT2D eigenvalue weighted by Crippen LogP contribution is 2.31. The van der Waals surface area contributed by atoms with Crippen molar-refractivity contribution in [3.63, 3.8) is 0 Å². The van der Waals surface area contributed by atoms with Crippen molar-refractivity contribution < 1.29 is 9.53 Å². The van der Waals surface area contributed by atoms with Gasteiger partial charge in [0.25, 0.3) is 0 Å². The number of nitrogens with one attached hydrogen (secondary N) is 2. The van der Waals surface area contributed by atoms with E-state index in [1.807, 2.05) is 56.4 Å². The Balaban J connectivity index is 2.39. The third-order valence-electron chi connectivity index (χ3n) is 3.91. The molecule has 2 aromatic rings. The van der Waals surface area contributed by atoms with Crippen molar-refractivity contribution in [3.05, 3.63) is 64.2 Å². The van der Waals surface area contributed by atoms with Crippen LogP contribution in [0, 0.1) is 6.92 Å². The average molecular weight is 347 g/mol. The Bertz CT molecular complexity index is 704. The maximum Gasteiger partial charge on any atom is 0.222 e. The molecule has 24 heavy (non-hydrogen) atoms. The molecule has 2 aromatic carbocycles. The summed E-state index contributed by atoms with van der Waals surface area (Å²) in [7, 11) is 3.46. The molecule has 2 rings (SSSR count). The minimum Gasteiger partial charge on any atom is -0.497 e. The molecule has 1 unspecified atom stereocenters.